The minimum absolute atomic E-state index is 0.0841. The molecular formula is C18H19N5O4. The fourth-order valence-electron chi connectivity index (χ4n) is 2.80. The number of hydrogen-bond donors (Lipinski definition) is 1. The molecule has 2 heterocycles. The highest BCUT2D eigenvalue weighted by molar-refractivity contribution is 5.95. The Morgan fingerprint density at radius 1 is 1.30 bits per heavy atom. The van der Waals surface area contributed by atoms with E-state index in [0.29, 0.717) is 23.6 Å². The summed E-state index contributed by atoms with van der Waals surface area (Å²) in [4.78, 5) is 29.5. The number of benzene rings is 1. The van der Waals surface area contributed by atoms with Crippen LogP contribution in [0.15, 0.2) is 48.7 Å². The summed E-state index contributed by atoms with van der Waals surface area (Å²) in [6.45, 7) is 2.10. The number of pyridine rings is 1. The van der Waals surface area contributed by atoms with E-state index in [9.17, 15) is 14.9 Å². The van der Waals surface area contributed by atoms with Gasteiger partial charge in [0.05, 0.1) is 25.5 Å². The first-order chi connectivity index (χ1) is 13.0. The summed E-state index contributed by atoms with van der Waals surface area (Å²) >= 11 is 0. The average Bonchev–Trinajstić information content (AvgIpc) is 3.06. The van der Waals surface area contributed by atoms with Crippen molar-refractivity contribution in [3.05, 3.63) is 58.8 Å². The van der Waals surface area contributed by atoms with Gasteiger partial charge in [-0.2, -0.15) is 9.38 Å². The van der Waals surface area contributed by atoms with E-state index in [1.54, 1.807) is 53.6 Å². The van der Waals surface area contributed by atoms with Gasteiger partial charge in [-0.1, -0.05) is 18.2 Å². The second kappa shape index (κ2) is 7.73. The van der Waals surface area contributed by atoms with Gasteiger partial charge in [-0.25, -0.2) is 0 Å². The predicted molar refractivity (Wildman–Crippen MR) is 101 cm³/mol. The molecule has 0 saturated heterocycles. The number of carbonyl (C=O) groups is 1. The van der Waals surface area contributed by atoms with Crippen molar-refractivity contribution in [1.82, 2.24) is 9.38 Å². The fraction of sp³-hybridized carbons (Fsp3) is 0.222. The molecular weight excluding hydrogens is 350 g/mol. The number of carbonyl (C=O) groups excluding carboxylic acids is 1. The van der Waals surface area contributed by atoms with E-state index in [1.807, 2.05) is 6.92 Å². The third kappa shape index (κ3) is 3.66. The number of fused-ring (bicyclic) bond motifs is 1. The number of amides is 1. The van der Waals surface area contributed by atoms with E-state index in [-0.39, 0.29) is 24.1 Å². The van der Waals surface area contributed by atoms with Crippen LogP contribution in [0.4, 0.5) is 17.3 Å². The van der Waals surface area contributed by atoms with Gasteiger partial charge in [-0.3, -0.25) is 4.79 Å². The maximum atomic E-state index is 12.5. The normalized spacial score (nSPS) is 10.6. The minimum Gasteiger partial charge on any atom is -0.495 e. The van der Waals surface area contributed by atoms with Gasteiger partial charge in [0.15, 0.2) is 0 Å². The number of nitrogens with zero attached hydrogens (tertiary/aromatic N) is 4. The molecule has 140 valence electrons. The van der Waals surface area contributed by atoms with Crippen LogP contribution < -0.4 is 15.0 Å². The Morgan fingerprint density at radius 2 is 2.04 bits per heavy atom. The Labute approximate surface area is 155 Å². The third-order valence-corrected chi connectivity index (χ3v) is 4.06. The van der Waals surface area contributed by atoms with Crippen molar-refractivity contribution in [3.8, 4) is 5.75 Å². The Balaban J connectivity index is 1.87. The van der Waals surface area contributed by atoms with Crippen molar-refractivity contribution < 1.29 is 14.5 Å². The van der Waals surface area contributed by atoms with E-state index in [0.717, 1.165) is 0 Å². The summed E-state index contributed by atoms with van der Waals surface area (Å²) in [7, 11) is 1.52. The van der Waals surface area contributed by atoms with E-state index in [4.69, 9.17) is 4.74 Å². The molecule has 0 atom stereocenters. The largest absolute Gasteiger partial charge is 0.495 e. The molecule has 3 aromatic rings. The van der Waals surface area contributed by atoms with Crippen LogP contribution in [0.5, 0.6) is 5.75 Å². The zero-order chi connectivity index (χ0) is 19.4. The zero-order valence-corrected chi connectivity index (χ0v) is 15.0. The highest BCUT2D eigenvalue weighted by Gasteiger charge is 2.27. The molecule has 9 heteroatoms. The van der Waals surface area contributed by atoms with Crippen molar-refractivity contribution in [2.24, 2.45) is 0 Å². The van der Waals surface area contributed by atoms with Crippen LogP contribution in [-0.4, -0.2) is 40.4 Å². The molecule has 0 fully saturated rings. The molecule has 1 aromatic carbocycles. The van der Waals surface area contributed by atoms with Crippen LogP contribution in [-0.2, 0) is 4.79 Å². The number of ether oxygens (including phenoxy) is 1. The number of nitro groups is 1. The van der Waals surface area contributed by atoms with Gasteiger partial charge < -0.3 is 25.1 Å². The molecule has 9 nitrogen and oxygen atoms in total. The van der Waals surface area contributed by atoms with Crippen LogP contribution >= 0.6 is 0 Å². The van der Waals surface area contributed by atoms with Crippen LogP contribution in [0.3, 0.4) is 0 Å². The van der Waals surface area contributed by atoms with E-state index >= 15 is 0 Å². The first kappa shape index (κ1) is 18.2. The lowest BCUT2D eigenvalue weighted by molar-refractivity contribution is -0.389. The van der Waals surface area contributed by atoms with Crippen molar-refractivity contribution in [1.29, 1.82) is 0 Å². The number of para-hydroxylation sites is 2. The lowest BCUT2D eigenvalue weighted by atomic mass is 10.3. The van der Waals surface area contributed by atoms with Gasteiger partial charge in [0.1, 0.15) is 5.75 Å². The Hall–Kier alpha value is -3.62. The monoisotopic (exact) mass is 369 g/mol. The minimum atomic E-state index is -0.490. The number of likely N-dealkylation sites (N-methyl/N-ethyl adjacent to an activating group) is 1. The summed E-state index contributed by atoms with van der Waals surface area (Å²) in [5.74, 6) is 0.196. The molecule has 0 bridgehead atoms. The van der Waals surface area contributed by atoms with Crippen LogP contribution in [0.25, 0.3) is 5.65 Å². The number of anilines is 2. The fourth-order valence-corrected chi connectivity index (χ4v) is 2.80. The van der Waals surface area contributed by atoms with Crippen molar-refractivity contribution in [3.63, 3.8) is 0 Å². The van der Waals surface area contributed by atoms with Gasteiger partial charge in [0.2, 0.25) is 17.4 Å². The highest BCUT2D eigenvalue weighted by atomic mass is 16.6. The lowest BCUT2D eigenvalue weighted by Gasteiger charge is -2.19. The lowest BCUT2D eigenvalue weighted by Crippen LogP contribution is -2.33. The van der Waals surface area contributed by atoms with Crippen LogP contribution in [0.2, 0.25) is 0 Å². The van der Waals surface area contributed by atoms with Gasteiger partial charge in [-0.15, -0.1) is 0 Å². The smallest absolute Gasteiger partial charge is 0.372 e. The van der Waals surface area contributed by atoms with Crippen molar-refractivity contribution in [2.75, 3.05) is 30.4 Å². The Bertz CT molecular complexity index is 985. The second-order valence-corrected chi connectivity index (χ2v) is 5.71. The topological polar surface area (TPSA) is 102 Å². The summed E-state index contributed by atoms with van der Waals surface area (Å²) in [6, 6.07) is 12.2. The van der Waals surface area contributed by atoms with Crippen LogP contribution in [0.1, 0.15) is 6.92 Å². The summed E-state index contributed by atoms with van der Waals surface area (Å²) < 4.78 is 6.62. The van der Waals surface area contributed by atoms with E-state index < -0.39 is 4.92 Å². The standard InChI is InChI=1S/C18H19N5O4/c1-3-21(12-16(24)19-13-8-4-5-9-14(13)27-2)17-18(23(25)26)22-11-7-6-10-15(22)20-17/h4-11H,3,12H2,1-2H3,(H,19,24). The summed E-state index contributed by atoms with van der Waals surface area (Å²) in [5, 5.41) is 14.3. The van der Waals surface area contributed by atoms with Gasteiger partial charge in [0, 0.05) is 12.6 Å². The number of aromatic nitrogens is 2. The molecule has 0 aliphatic rings. The number of rotatable bonds is 7. The SMILES string of the molecule is CCN(CC(=O)Nc1ccccc1OC)c1nc2ccccn2c1[N+](=O)[O-]. The van der Waals surface area contributed by atoms with Crippen molar-refractivity contribution in [2.45, 2.75) is 6.92 Å². The first-order valence-corrected chi connectivity index (χ1v) is 8.34. The third-order valence-electron chi connectivity index (χ3n) is 4.06. The summed E-state index contributed by atoms with van der Waals surface area (Å²) in [5.41, 5.74) is 0.980. The molecule has 0 aliphatic carbocycles. The first-order valence-electron chi connectivity index (χ1n) is 8.34. The maximum absolute atomic E-state index is 12.5. The molecule has 3 rings (SSSR count). The molecule has 0 aliphatic heterocycles. The van der Waals surface area contributed by atoms with Gasteiger partial charge in [0.25, 0.3) is 0 Å². The average molecular weight is 369 g/mol. The zero-order valence-electron chi connectivity index (χ0n) is 15.0. The maximum Gasteiger partial charge on any atom is 0.372 e. The summed E-state index contributed by atoms with van der Waals surface area (Å²) in [6.07, 6.45) is 1.58. The quantitative estimate of drug-likeness (QED) is 0.507. The second-order valence-electron chi connectivity index (χ2n) is 5.71. The number of imidazole rings is 1. The Kier molecular flexibility index (Phi) is 5.20. The molecule has 1 amide bonds. The molecule has 0 unspecified atom stereocenters. The van der Waals surface area contributed by atoms with E-state index in [1.165, 1.54) is 11.5 Å². The highest BCUT2D eigenvalue weighted by Crippen LogP contribution is 2.29. The predicted octanol–water partition coefficient (Wildman–Crippen LogP) is 2.72. The van der Waals surface area contributed by atoms with Crippen molar-refractivity contribution >= 4 is 28.9 Å². The molecule has 0 saturated carbocycles. The molecule has 2 aromatic heterocycles. The molecule has 0 spiro atoms. The molecule has 1 N–H and O–H groups in total. The van der Waals surface area contributed by atoms with Gasteiger partial charge >= 0.3 is 5.82 Å². The number of nitrogens with one attached hydrogen (secondary N) is 1. The molecule has 27 heavy (non-hydrogen) atoms. The molecule has 0 radical (unpaired) electrons. The van der Waals surface area contributed by atoms with Crippen LogP contribution in [0, 0.1) is 10.1 Å². The van der Waals surface area contributed by atoms with E-state index in [2.05, 4.69) is 10.3 Å². The Morgan fingerprint density at radius 3 is 2.74 bits per heavy atom. The number of methoxy groups -OCH3 is 1. The number of hydrogen-bond acceptors (Lipinski definition) is 6. The van der Waals surface area contributed by atoms with Gasteiger partial charge in [-0.05, 0) is 30.0 Å².